The molecule has 0 amide bonds. The Morgan fingerprint density at radius 3 is 2.20 bits per heavy atom. The van der Waals surface area contributed by atoms with Gasteiger partial charge in [-0.25, -0.2) is 0 Å². The molecule has 0 aromatic carbocycles. The molecular weight excluding hydrogens is 196 g/mol. The molecule has 10 heavy (non-hydrogen) atoms. The molecule has 0 radical (unpaired) electrons. The molecule has 0 bridgehead atoms. The minimum atomic E-state index is -0.604. The number of aliphatic hydroxyl groups excluding tert-OH is 1. The molecule has 0 aliphatic heterocycles. The van der Waals surface area contributed by atoms with Crippen molar-refractivity contribution in [1.29, 1.82) is 0 Å². The van der Waals surface area contributed by atoms with Gasteiger partial charge in [-0.2, -0.15) is 0 Å². The summed E-state index contributed by atoms with van der Waals surface area (Å²) < 4.78 is -0.604. The maximum atomic E-state index is 11.1. The smallest absolute Gasteiger partial charge is 0.176 e. The summed E-state index contributed by atoms with van der Waals surface area (Å²) in [5.74, 6) is -0.157. The molecule has 0 aromatic rings. The SMILES string of the molecule is C=C(CO)C(=O)C(C)(C)Br. The van der Waals surface area contributed by atoms with E-state index in [1.165, 1.54) is 0 Å². The van der Waals surface area contributed by atoms with Crippen molar-refractivity contribution in [3.05, 3.63) is 12.2 Å². The standard InChI is InChI=1S/C7H11BrO2/c1-5(4-9)6(10)7(2,3)8/h9H,1,4H2,2-3H3. The van der Waals surface area contributed by atoms with Crippen LogP contribution in [-0.4, -0.2) is 21.8 Å². The number of rotatable bonds is 3. The Bertz CT molecular complexity index is 155. The highest BCUT2D eigenvalue weighted by Crippen LogP contribution is 2.20. The van der Waals surface area contributed by atoms with Crippen LogP contribution in [0.2, 0.25) is 0 Å². The number of alkyl halides is 1. The fraction of sp³-hybridized carbons (Fsp3) is 0.571. The molecule has 0 aliphatic rings. The summed E-state index contributed by atoms with van der Waals surface area (Å²) >= 11 is 3.16. The van der Waals surface area contributed by atoms with E-state index in [1.807, 2.05) is 0 Å². The highest BCUT2D eigenvalue weighted by molar-refractivity contribution is 9.10. The second-order valence-electron chi connectivity index (χ2n) is 2.56. The van der Waals surface area contributed by atoms with E-state index < -0.39 is 4.32 Å². The van der Waals surface area contributed by atoms with Crippen LogP contribution in [0, 0.1) is 0 Å². The second kappa shape index (κ2) is 3.30. The van der Waals surface area contributed by atoms with Crippen LogP contribution >= 0.6 is 15.9 Å². The van der Waals surface area contributed by atoms with E-state index in [9.17, 15) is 4.79 Å². The Kier molecular flexibility index (Phi) is 3.25. The Morgan fingerprint density at radius 2 is 2.10 bits per heavy atom. The number of hydrogen-bond acceptors (Lipinski definition) is 2. The lowest BCUT2D eigenvalue weighted by Crippen LogP contribution is -2.26. The van der Waals surface area contributed by atoms with Crippen molar-refractivity contribution in [2.24, 2.45) is 0 Å². The highest BCUT2D eigenvalue weighted by Gasteiger charge is 2.24. The molecule has 0 fully saturated rings. The summed E-state index contributed by atoms with van der Waals surface area (Å²) in [5.41, 5.74) is 0.238. The van der Waals surface area contributed by atoms with E-state index in [-0.39, 0.29) is 18.0 Å². The fourth-order valence-corrected chi connectivity index (χ4v) is 0.773. The van der Waals surface area contributed by atoms with Crippen LogP contribution in [0.1, 0.15) is 13.8 Å². The third-order valence-electron chi connectivity index (χ3n) is 1.05. The van der Waals surface area contributed by atoms with E-state index in [2.05, 4.69) is 22.5 Å². The minimum Gasteiger partial charge on any atom is -0.392 e. The first-order chi connectivity index (χ1) is 4.39. The number of Topliss-reactive ketones (excluding diaryl/α,β-unsaturated/α-hetero) is 1. The van der Waals surface area contributed by atoms with Crippen LogP contribution in [0.4, 0.5) is 0 Å². The molecule has 1 N–H and O–H groups in total. The van der Waals surface area contributed by atoms with Crippen molar-refractivity contribution in [2.75, 3.05) is 6.61 Å². The van der Waals surface area contributed by atoms with Gasteiger partial charge in [-0.1, -0.05) is 22.5 Å². The molecule has 3 heteroatoms. The van der Waals surface area contributed by atoms with Gasteiger partial charge in [-0.05, 0) is 13.8 Å². The third kappa shape index (κ3) is 2.62. The summed E-state index contributed by atoms with van der Waals surface area (Å²) in [4.78, 5) is 11.1. The predicted molar refractivity (Wildman–Crippen MR) is 44.2 cm³/mol. The van der Waals surface area contributed by atoms with Crippen molar-refractivity contribution in [2.45, 2.75) is 18.2 Å². The summed E-state index contributed by atoms with van der Waals surface area (Å²) in [5, 5.41) is 8.53. The lowest BCUT2D eigenvalue weighted by molar-refractivity contribution is -0.117. The van der Waals surface area contributed by atoms with Crippen LogP contribution in [0.5, 0.6) is 0 Å². The molecule has 0 rings (SSSR count). The average molecular weight is 207 g/mol. The molecular formula is C7H11BrO2. The third-order valence-corrected chi connectivity index (χ3v) is 1.41. The van der Waals surface area contributed by atoms with Gasteiger partial charge >= 0.3 is 0 Å². The fourth-order valence-electron chi connectivity index (χ4n) is 0.492. The summed E-state index contributed by atoms with van der Waals surface area (Å²) in [6.07, 6.45) is 0. The topological polar surface area (TPSA) is 37.3 Å². The Hall–Kier alpha value is -0.150. The molecule has 0 saturated carbocycles. The monoisotopic (exact) mass is 206 g/mol. The molecule has 0 heterocycles. The van der Waals surface area contributed by atoms with Crippen LogP contribution in [0.3, 0.4) is 0 Å². The van der Waals surface area contributed by atoms with Crippen molar-refractivity contribution < 1.29 is 9.90 Å². The van der Waals surface area contributed by atoms with Gasteiger partial charge < -0.3 is 5.11 Å². The summed E-state index contributed by atoms with van der Waals surface area (Å²) in [6.45, 7) is 6.58. The van der Waals surface area contributed by atoms with Crippen LogP contribution < -0.4 is 0 Å². The maximum absolute atomic E-state index is 11.1. The number of hydrogen-bond donors (Lipinski definition) is 1. The maximum Gasteiger partial charge on any atom is 0.176 e. The van der Waals surface area contributed by atoms with Gasteiger partial charge in [0.15, 0.2) is 5.78 Å². The largest absolute Gasteiger partial charge is 0.392 e. The normalized spacial score (nSPS) is 11.2. The molecule has 0 atom stereocenters. The first-order valence-electron chi connectivity index (χ1n) is 2.92. The van der Waals surface area contributed by atoms with Crippen LogP contribution in [0.15, 0.2) is 12.2 Å². The lowest BCUT2D eigenvalue weighted by atomic mass is 10.0. The first kappa shape index (κ1) is 9.85. The van der Waals surface area contributed by atoms with E-state index in [1.54, 1.807) is 13.8 Å². The van der Waals surface area contributed by atoms with Gasteiger partial charge in [-0.15, -0.1) is 0 Å². The first-order valence-corrected chi connectivity index (χ1v) is 3.71. The number of ketones is 1. The molecule has 0 aliphatic carbocycles. The van der Waals surface area contributed by atoms with Gasteiger partial charge in [0.1, 0.15) is 0 Å². The van der Waals surface area contributed by atoms with Crippen LogP contribution in [0.25, 0.3) is 0 Å². The molecule has 0 aromatic heterocycles. The number of halogens is 1. The molecule has 0 unspecified atom stereocenters. The Morgan fingerprint density at radius 1 is 1.70 bits per heavy atom. The summed E-state index contributed by atoms with van der Waals surface area (Å²) in [6, 6.07) is 0. The van der Waals surface area contributed by atoms with Crippen molar-refractivity contribution in [1.82, 2.24) is 0 Å². The Balaban J connectivity index is 4.24. The van der Waals surface area contributed by atoms with Crippen molar-refractivity contribution in [3.63, 3.8) is 0 Å². The number of aliphatic hydroxyl groups is 1. The van der Waals surface area contributed by atoms with Gasteiger partial charge in [0, 0.05) is 5.57 Å². The minimum absolute atomic E-state index is 0.157. The lowest BCUT2D eigenvalue weighted by Gasteiger charge is -2.14. The van der Waals surface area contributed by atoms with E-state index in [0.717, 1.165) is 0 Å². The quantitative estimate of drug-likeness (QED) is 0.559. The highest BCUT2D eigenvalue weighted by atomic mass is 79.9. The zero-order chi connectivity index (χ0) is 8.36. The van der Waals surface area contributed by atoms with Gasteiger partial charge in [0.25, 0.3) is 0 Å². The number of carbonyl (C=O) groups excluding carboxylic acids is 1. The number of carbonyl (C=O) groups is 1. The molecule has 0 spiro atoms. The summed E-state index contributed by atoms with van der Waals surface area (Å²) in [7, 11) is 0. The van der Waals surface area contributed by atoms with Crippen molar-refractivity contribution in [3.8, 4) is 0 Å². The van der Waals surface area contributed by atoms with E-state index >= 15 is 0 Å². The average Bonchev–Trinajstić information content (AvgIpc) is 1.83. The van der Waals surface area contributed by atoms with Gasteiger partial charge in [0.05, 0.1) is 10.9 Å². The molecule has 2 nitrogen and oxygen atoms in total. The molecule has 58 valence electrons. The zero-order valence-electron chi connectivity index (χ0n) is 6.15. The Labute approximate surface area is 69.1 Å². The van der Waals surface area contributed by atoms with E-state index in [0.29, 0.717) is 0 Å². The van der Waals surface area contributed by atoms with Crippen LogP contribution in [-0.2, 0) is 4.79 Å². The second-order valence-corrected chi connectivity index (χ2v) is 4.55. The predicted octanol–water partition coefficient (Wildman–Crippen LogP) is 1.28. The molecule has 0 saturated heterocycles. The van der Waals surface area contributed by atoms with E-state index in [4.69, 9.17) is 5.11 Å². The van der Waals surface area contributed by atoms with Gasteiger partial charge in [-0.3, -0.25) is 4.79 Å². The van der Waals surface area contributed by atoms with Crippen molar-refractivity contribution >= 4 is 21.7 Å². The zero-order valence-corrected chi connectivity index (χ0v) is 7.73. The van der Waals surface area contributed by atoms with Gasteiger partial charge in [0.2, 0.25) is 0 Å².